The number of rotatable bonds is 6. The van der Waals surface area contributed by atoms with Crippen LogP contribution in [-0.4, -0.2) is 43.3 Å². The first-order chi connectivity index (χ1) is 10.8. The Labute approximate surface area is 176 Å². The van der Waals surface area contributed by atoms with Crippen LogP contribution in [0.25, 0.3) is 0 Å². The van der Waals surface area contributed by atoms with E-state index in [0.29, 0.717) is 9.13 Å². The summed E-state index contributed by atoms with van der Waals surface area (Å²) in [6.45, 7) is -2.59. The van der Waals surface area contributed by atoms with Crippen LogP contribution in [0.15, 0.2) is 12.1 Å². The molecular formula is C11H8F2I3NO6S. The van der Waals surface area contributed by atoms with Gasteiger partial charge in [-0.25, -0.2) is 0 Å². The van der Waals surface area contributed by atoms with Crippen LogP contribution in [-0.2, 0) is 19.6 Å². The zero-order chi connectivity index (χ0) is 18.7. The minimum Gasteiger partial charge on any atom is -0.457 e. The highest BCUT2D eigenvalue weighted by molar-refractivity contribution is 14.1. The molecular weight excluding hydrogens is 693 g/mol. The molecule has 1 aromatic rings. The third-order valence-electron chi connectivity index (χ3n) is 2.41. The number of nitrogens with one attached hydrogen (secondary N) is 1. The lowest BCUT2D eigenvalue weighted by atomic mass is 10.2. The molecule has 0 aliphatic carbocycles. The number of benzene rings is 1. The number of ether oxygens (including phenoxy) is 1. The van der Waals surface area contributed by atoms with Gasteiger partial charge in [0.25, 0.3) is 5.91 Å². The minimum atomic E-state index is -5.69. The SMILES string of the molecule is O=C(CNC(=O)c1cc(I)cc(I)c1I)OCC(F)(F)S(=O)(=O)O. The van der Waals surface area contributed by atoms with Crippen molar-refractivity contribution in [3.63, 3.8) is 0 Å². The molecule has 0 atom stereocenters. The van der Waals surface area contributed by atoms with Gasteiger partial charge >= 0.3 is 21.3 Å². The van der Waals surface area contributed by atoms with E-state index in [4.69, 9.17) is 4.55 Å². The minimum absolute atomic E-state index is 0.294. The van der Waals surface area contributed by atoms with Crippen LogP contribution in [0.1, 0.15) is 10.4 Å². The van der Waals surface area contributed by atoms with Crippen LogP contribution in [0.5, 0.6) is 0 Å². The molecule has 0 unspecified atom stereocenters. The van der Waals surface area contributed by atoms with Crippen molar-refractivity contribution in [2.45, 2.75) is 5.25 Å². The summed E-state index contributed by atoms with van der Waals surface area (Å²) in [6.07, 6.45) is 0. The first-order valence-corrected chi connectivity index (χ1v) is 10.5. The highest BCUT2D eigenvalue weighted by atomic mass is 127. The second-order valence-corrected chi connectivity index (χ2v) is 9.24. The van der Waals surface area contributed by atoms with Crippen molar-refractivity contribution in [1.29, 1.82) is 0 Å². The van der Waals surface area contributed by atoms with Gasteiger partial charge in [-0.2, -0.15) is 17.2 Å². The third-order valence-corrected chi connectivity index (χ3v) is 6.95. The predicted octanol–water partition coefficient (Wildman–Crippen LogP) is 2.25. The van der Waals surface area contributed by atoms with Crippen LogP contribution in [0, 0.1) is 10.7 Å². The van der Waals surface area contributed by atoms with E-state index in [0.717, 1.165) is 7.14 Å². The van der Waals surface area contributed by atoms with E-state index < -0.39 is 40.4 Å². The fourth-order valence-electron chi connectivity index (χ4n) is 1.26. The lowest BCUT2D eigenvalue weighted by Gasteiger charge is -2.13. The number of halogens is 5. The average Bonchev–Trinajstić information content (AvgIpc) is 2.45. The quantitative estimate of drug-likeness (QED) is 0.204. The molecule has 0 aromatic heterocycles. The zero-order valence-corrected chi connectivity index (χ0v) is 18.6. The van der Waals surface area contributed by atoms with E-state index in [9.17, 15) is 26.8 Å². The Morgan fingerprint density at radius 1 is 1.25 bits per heavy atom. The second-order valence-electron chi connectivity index (χ2n) is 4.20. The van der Waals surface area contributed by atoms with Crippen molar-refractivity contribution in [1.82, 2.24) is 5.32 Å². The van der Waals surface area contributed by atoms with Crippen LogP contribution in [0.2, 0.25) is 0 Å². The predicted molar refractivity (Wildman–Crippen MR) is 104 cm³/mol. The van der Waals surface area contributed by atoms with Crippen LogP contribution in [0.4, 0.5) is 8.78 Å². The maximum atomic E-state index is 12.9. The van der Waals surface area contributed by atoms with Gasteiger partial charge in [0.15, 0.2) is 6.61 Å². The molecule has 0 spiro atoms. The number of carbonyl (C=O) groups excluding carboxylic acids is 2. The van der Waals surface area contributed by atoms with E-state index in [-0.39, 0.29) is 0 Å². The van der Waals surface area contributed by atoms with Gasteiger partial charge in [-0.15, -0.1) is 0 Å². The summed E-state index contributed by atoms with van der Waals surface area (Å²) >= 11 is 5.99. The summed E-state index contributed by atoms with van der Waals surface area (Å²) in [5.74, 6) is -1.89. The Morgan fingerprint density at radius 3 is 2.38 bits per heavy atom. The smallest absolute Gasteiger partial charge is 0.402 e. The molecule has 134 valence electrons. The summed E-state index contributed by atoms with van der Waals surface area (Å²) in [7, 11) is -5.69. The lowest BCUT2D eigenvalue weighted by molar-refractivity contribution is -0.148. The highest BCUT2D eigenvalue weighted by Crippen LogP contribution is 2.23. The molecule has 0 saturated carbocycles. The Kier molecular flexibility index (Phi) is 8.01. The van der Waals surface area contributed by atoms with Crippen molar-refractivity contribution in [3.8, 4) is 0 Å². The highest BCUT2D eigenvalue weighted by Gasteiger charge is 2.45. The van der Waals surface area contributed by atoms with Crippen LogP contribution in [0.3, 0.4) is 0 Å². The topological polar surface area (TPSA) is 110 Å². The van der Waals surface area contributed by atoms with Crippen LogP contribution >= 0.6 is 67.8 Å². The Balaban J connectivity index is 2.64. The molecule has 7 nitrogen and oxygen atoms in total. The Morgan fingerprint density at radius 2 is 1.83 bits per heavy atom. The molecule has 0 fully saturated rings. The number of hydrogen-bond donors (Lipinski definition) is 2. The average molecular weight is 701 g/mol. The van der Waals surface area contributed by atoms with Gasteiger partial charge in [0.2, 0.25) is 0 Å². The molecule has 13 heteroatoms. The number of carbonyl (C=O) groups is 2. The van der Waals surface area contributed by atoms with Gasteiger partial charge in [-0.1, -0.05) is 0 Å². The normalized spacial score (nSPS) is 11.9. The number of amides is 1. The Bertz CT molecular complexity index is 771. The molecule has 0 saturated heterocycles. The molecule has 2 N–H and O–H groups in total. The summed E-state index contributed by atoms with van der Waals surface area (Å²) in [6, 6.07) is 3.42. The number of hydrogen-bond acceptors (Lipinski definition) is 5. The molecule has 24 heavy (non-hydrogen) atoms. The second kappa shape index (κ2) is 8.67. The number of alkyl halides is 2. The summed E-state index contributed by atoms with van der Waals surface area (Å²) in [5.41, 5.74) is 0.294. The molecule has 0 aliphatic heterocycles. The molecule has 0 radical (unpaired) electrons. The van der Waals surface area contributed by atoms with Crippen molar-refractivity contribution in [3.05, 3.63) is 28.4 Å². The van der Waals surface area contributed by atoms with Crippen molar-refractivity contribution < 1.29 is 36.1 Å². The maximum Gasteiger partial charge on any atom is 0.402 e. The monoisotopic (exact) mass is 701 g/mol. The van der Waals surface area contributed by atoms with E-state index >= 15 is 0 Å². The van der Waals surface area contributed by atoms with E-state index in [2.05, 4.69) is 10.1 Å². The standard InChI is InChI=1S/C11H8F2I3NO6S/c12-11(13,24(20,21)22)4-23-8(18)3-17-10(19)6-1-5(14)2-7(15)9(6)16/h1-2H,3-4H2,(H,17,19)(H,20,21,22). The molecule has 1 amide bonds. The van der Waals surface area contributed by atoms with Gasteiger partial charge in [-0.3, -0.25) is 14.1 Å². The summed E-state index contributed by atoms with van der Waals surface area (Å²) < 4.78 is 61.1. The Hall–Kier alpha value is 0.120. The molecule has 0 aliphatic rings. The van der Waals surface area contributed by atoms with Crippen molar-refractivity contribution in [2.75, 3.05) is 13.2 Å². The fraction of sp³-hybridized carbons (Fsp3) is 0.273. The zero-order valence-electron chi connectivity index (χ0n) is 11.4. The van der Waals surface area contributed by atoms with Gasteiger partial charge in [0.05, 0.1) is 5.56 Å². The first kappa shape index (κ1) is 22.2. The first-order valence-electron chi connectivity index (χ1n) is 5.78. The molecule has 1 aromatic carbocycles. The summed E-state index contributed by atoms with van der Waals surface area (Å²) in [5, 5.41) is -2.43. The van der Waals surface area contributed by atoms with E-state index in [1.165, 1.54) is 0 Å². The lowest BCUT2D eigenvalue weighted by Crippen LogP contribution is -2.37. The van der Waals surface area contributed by atoms with Gasteiger partial charge in [0.1, 0.15) is 6.54 Å². The van der Waals surface area contributed by atoms with Gasteiger partial charge in [-0.05, 0) is 79.9 Å². The van der Waals surface area contributed by atoms with E-state index in [1.807, 2.05) is 73.8 Å². The molecule has 0 heterocycles. The number of esters is 1. The third kappa shape index (κ3) is 6.13. The van der Waals surface area contributed by atoms with Crippen LogP contribution < -0.4 is 5.32 Å². The molecule has 0 bridgehead atoms. The van der Waals surface area contributed by atoms with E-state index in [1.54, 1.807) is 6.07 Å². The van der Waals surface area contributed by atoms with Gasteiger partial charge < -0.3 is 10.1 Å². The summed E-state index contributed by atoms with van der Waals surface area (Å²) in [4.78, 5) is 23.3. The largest absolute Gasteiger partial charge is 0.457 e. The van der Waals surface area contributed by atoms with Crippen molar-refractivity contribution in [2.24, 2.45) is 0 Å². The fourth-order valence-corrected chi connectivity index (χ4v) is 3.87. The van der Waals surface area contributed by atoms with Gasteiger partial charge in [0, 0.05) is 10.7 Å². The molecule has 1 rings (SSSR count). The van der Waals surface area contributed by atoms with Crippen molar-refractivity contribution >= 4 is 89.8 Å². The maximum absolute atomic E-state index is 12.9.